The maximum atomic E-state index is 11.6. The first kappa shape index (κ1) is 17.2. The first-order valence-corrected chi connectivity index (χ1v) is 7.61. The lowest BCUT2D eigenvalue weighted by atomic mass is 9.97. The Hall–Kier alpha value is -0.810. The number of amides is 1. The summed E-state index contributed by atoms with van der Waals surface area (Å²) in [6.45, 7) is 10.2. The molecular weight excluding hydrogens is 256 g/mol. The van der Waals surface area contributed by atoms with E-state index < -0.39 is 0 Å². The Labute approximate surface area is 123 Å². The molecule has 5 nitrogen and oxygen atoms in total. The fraction of sp³-hybridized carbons (Fsp3) is 0.933. The number of methoxy groups -OCH3 is 1. The lowest BCUT2D eigenvalue weighted by Gasteiger charge is -2.35. The third-order valence-electron chi connectivity index (χ3n) is 3.89. The van der Waals surface area contributed by atoms with Gasteiger partial charge in [0.1, 0.15) is 0 Å². The molecule has 0 saturated carbocycles. The minimum absolute atomic E-state index is 0.0992. The van der Waals surface area contributed by atoms with Gasteiger partial charge < -0.3 is 19.7 Å². The monoisotopic (exact) mass is 286 g/mol. The number of carbonyl (C=O) groups is 1. The first-order valence-electron chi connectivity index (χ1n) is 7.61. The lowest BCUT2D eigenvalue weighted by molar-refractivity contribution is 0.00693. The highest BCUT2D eigenvalue weighted by Gasteiger charge is 2.26. The predicted octanol–water partition coefficient (Wildman–Crippen LogP) is 2.40. The number of rotatable bonds is 6. The van der Waals surface area contributed by atoms with E-state index in [1.54, 1.807) is 12.0 Å². The zero-order valence-corrected chi connectivity index (χ0v) is 13.6. The molecule has 0 spiro atoms. The minimum Gasteiger partial charge on any atom is -0.450 e. The zero-order valence-electron chi connectivity index (χ0n) is 13.6. The summed E-state index contributed by atoms with van der Waals surface area (Å²) in [5.74, 6) is 0. The molecule has 0 radical (unpaired) electrons. The van der Waals surface area contributed by atoms with Crippen LogP contribution < -0.4 is 5.32 Å². The van der Waals surface area contributed by atoms with Crippen LogP contribution in [0.25, 0.3) is 0 Å². The molecule has 0 bridgehead atoms. The van der Waals surface area contributed by atoms with Crippen molar-refractivity contribution in [1.82, 2.24) is 10.2 Å². The summed E-state index contributed by atoms with van der Waals surface area (Å²) >= 11 is 0. The van der Waals surface area contributed by atoms with Gasteiger partial charge in [0.25, 0.3) is 0 Å². The smallest absolute Gasteiger partial charge is 0.409 e. The summed E-state index contributed by atoms with van der Waals surface area (Å²) < 4.78 is 10.5. The van der Waals surface area contributed by atoms with Crippen molar-refractivity contribution in [1.29, 1.82) is 0 Å². The molecule has 1 amide bonds. The second kappa shape index (κ2) is 7.84. The van der Waals surface area contributed by atoms with E-state index in [-0.39, 0.29) is 11.7 Å². The second-order valence-corrected chi connectivity index (χ2v) is 6.20. The van der Waals surface area contributed by atoms with E-state index in [9.17, 15) is 4.79 Å². The Balaban J connectivity index is 2.30. The molecule has 1 N–H and O–H groups in total. The van der Waals surface area contributed by atoms with Crippen LogP contribution in [0.4, 0.5) is 4.79 Å². The van der Waals surface area contributed by atoms with Gasteiger partial charge >= 0.3 is 6.09 Å². The van der Waals surface area contributed by atoms with E-state index in [1.165, 1.54) is 0 Å². The number of likely N-dealkylation sites (tertiary alicyclic amines) is 1. The zero-order chi connectivity index (χ0) is 15.2. The molecule has 1 unspecified atom stereocenters. The van der Waals surface area contributed by atoms with Crippen molar-refractivity contribution in [3.05, 3.63) is 0 Å². The van der Waals surface area contributed by atoms with Gasteiger partial charge in [-0.2, -0.15) is 0 Å². The summed E-state index contributed by atoms with van der Waals surface area (Å²) in [4.78, 5) is 13.4. The van der Waals surface area contributed by atoms with E-state index in [4.69, 9.17) is 9.47 Å². The van der Waals surface area contributed by atoms with Crippen molar-refractivity contribution in [2.75, 3.05) is 26.8 Å². The van der Waals surface area contributed by atoms with Crippen LogP contribution in [0.5, 0.6) is 0 Å². The summed E-state index contributed by atoms with van der Waals surface area (Å²) in [6.07, 6.45) is 2.76. The van der Waals surface area contributed by atoms with Crippen LogP contribution in [0.15, 0.2) is 0 Å². The van der Waals surface area contributed by atoms with Gasteiger partial charge in [-0.25, -0.2) is 4.79 Å². The van der Waals surface area contributed by atoms with Crippen LogP contribution in [0, 0.1) is 0 Å². The highest BCUT2D eigenvalue weighted by molar-refractivity contribution is 5.67. The Kier molecular flexibility index (Phi) is 6.76. The molecule has 1 heterocycles. The van der Waals surface area contributed by atoms with E-state index in [2.05, 4.69) is 26.1 Å². The SMILES string of the molecule is CCOC(=O)N1CCC(NC(C)CC(C)(C)OC)CC1. The van der Waals surface area contributed by atoms with Crippen LogP contribution in [0.1, 0.15) is 47.0 Å². The highest BCUT2D eigenvalue weighted by Crippen LogP contribution is 2.18. The molecule has 1 saturated heterocycles. The molecule has 5 heteroatoms. The molecule has 20 heavy (non-hydrogen) atoms. The molecule has 1 fully saturated rings. The maximum Gasteiger partial charge on any atom is 0.409 e. The number of nitrogens with one attached hydrogen (secondary N) is 1. The Morgan fingerprint density at radius 2 is 2.00 bits per heavy atom. The molecule has 1 rings (SSSR count). The van der Waals surface area contributed by atoms with Crippen molar-refractivity contribution in [2.24, 2.45) is 0 Å². The Morgan fingerprint density at radius 3 is 2.50 bits per heavy atom. The second-order valence-electron chi connectivity index (χ2n) is 6.20. The minimum atomic E-state index is -0.181. The average molecular weight is 286 g/mol. The van der Waals surface area contributed by atoms with Gasteiger partial charge in [0.05, 0.1) is 12.2 Å². The summed E-state index contributed by atoms with van der Waals surface area (Å²) in [6, 6.07) is 0.882. The average Bonchev–Trinajstić information content (AvgIpc) is 2.39. The van der Waals surface area contributed by atoms with Crippen LogP contribution in [0.2, 0.25) is 0 Å². The number of carbonyl (C=O) groups excluding carboxylic acids is 1. The number of ether oxygens (including phenoxy) is 2. The van der Waals surface area contributed by atoms with Gasteiger partial charge in [-0.1, -0.05) is 0 Å². The molecule has 0 aromatic heterocycles. The normalized spacial score (nSPS) is 18.9. The maximum absolute atomic E-state index is 11.6. The van der Waals surface area contributed by atoms with Crippen LogP contribution in [0.3, 0.4) is 0 Å². The number of hydrogen-bond donors (Lipinski definition) is 1. The van der Waals surface area contributed by atoms with Crippen molar-refractivity contribution in [2.45, 2.75) is 64.6 Å². The number of nitrogens with zero attached hydrogens (tertiary/aromatic N) is 1. The van der Waals surface area contributed by atoms with Crippen molar-refractivity contribution >= 4 is 6.09 Å². The lowest BCUT2D eigenvalue weighted by Crippen LogP contribution is -2.48. The van der Waals surface area contributed by atoms with Crippen molar-refractivity contribution in [3.63, 3.8) is 0 Å². The first-order chi connectivity index (χ1) is 9.38. The van der Waals surface area contributed by atoms with E-state index in [0.29, 0.717) is 18.7 Å². The third-order valence-corrected chi connectivity index (χ3v) is 3.89. The molecule has 0 aliphatic carbocycles. The molecule has 0 aromatic carbocycles. The van der Waals surface area contributed by atoms with Gasteiger partial charge in [-0.3, -0.25) is 0 Å². The molecular formula is C15H30N2O3. The van der Waals surface area contributed by atoms with Gasteiger partial charge in [0.2, 0.25) is 0 Å². The number of piperidine rings is 1. The molecule has 118 valence electrons. The standard InChI is InChI=1S/C15H30N2O3/c1-6-20-14(18)17-9-7-13(8-10-17)16-12(2)11-15(3,4)19-5/h12-13,16H,6-11H2,1-5H3. The predicted molar refractivity (Wildman–Crippen MR) is 79.9 cm³/mol. The van der Waals surface area contributed by atoms with Gasteiger partial charge in [-0.15, -0.1) is 0 Å². The molecule has 1 aliphatic rings. The quantitative estimate of drug-likeness (QED) is 0.814. The van der Waals surface area contributed by atoms with Crippen LogP contribution in [-0.2, 0) is 9.47 Å². The van der Waals surface area contributed by atoms with Crippen molar-refractivity contribution < 1.29 is 14.3 Å². The van der Waals surface area contributed by atoms with E-state index >= 15 is 0 Å². The van der Waals surface area contributed by atoms with Gasteiger partial charge in [0.15, 0.2) is 0 Å². The van der Waals surface area contributed by atoms with Gasteiger partial charge in [0, 0.05) is 32.3 Å². The number of hydrogen-bond acceptors (Lipinski definition) is 4. The Bertz CT molecular complexity index is 299. The molecule has 0 aromatic rings. The summed E-state index contributed by atoms with van der Waals surface area (Å²) in [5.41, 5.74) is -0.0992. The third kappa shape index (κ3) is 5.67. The topological polar surface area (TPSA) is 50.8 Å². The van der Waals surface area contributed by atoms with E-state index in [1.807, 2.05) is 6.92 Å². The summed E-state index contributed by atoms with van der Waals surface area (Å²) in [7, 11) is 1.75. The fourth-order valence-corrected chi connectivity index (χ4v) is 2.73. The van der Waals surface area contributed by atoms with Crippen molar-refractivity contribution in [3.8, 4) is 0 Å². The Morgan fingerprint density at radius 1 is 1.40 bits per heavy atom. The highest BCUT2D eigenvalue weighted by atomic mass is 16.6. The largest absolute Gasteiger partial charge is 0.450 e. The fourth-order valence-electron chi connectivity index (χ4n) is 2.73. The van der Waals surface area contributed by atoms with Crippen LogP contribution in [-0.4, -0.2) is 55.5 Å². The van der Waals surface area contributed by atoms with Gasteiger partial charge in [-0.05, 0) is 47.0 Å². The molecule has 1 atom stereocenters. The van der Waals surface area contributed by atoms with Crippen LogP contribution >= 0.6 is 0 Å². The molecule has 1 aliphatic heterocycles. The summed E-state index contributed by atoms with van der Waals surface area (Å²) in [5, 5.41) is 3.64. The van der Waals surface area contributed by atoms with E-state index in [0.717, 1.165) is 32.4 Å².